The zero-order valence-electron chi connectivity index (χ0n) is 59.2. The van der Waals surface area contributed by atoms with Gasteiger partial charge in [0.2, 0.25) is 0 Å². The van der Waals surface area contributed by atoms with Gasteiger partial charge in [0.05, 0.1) is 40.3 Å². The van der Waals surface area contributed by atoms with Gasteiger partial charge in [-0.2, -0.15) is 0 Å². The summed E-state index contributed by atoms with van der Waals surface area (Å²) in [6, 6.07) is 0. The van der Waals surface area contributed by atoms with Gasteiger partial charge in [-0.25, -0.2) is 0 Å². The second kappa shape index (κ2) is 71.0. The quantitative estimate of drug-likeness (QED) is 0.0195. The number of carbonyl (C=O) groups is 3. The van der Waals surface area contributed by atoms with Gasteiger partial charge in [-0.15, -0.1) is 0 Å². The number of aliphatic carboxylic acids is 1. The van der Waals surface area contributed by atoms with E-state index in [1.807, 2.05) is 21.1 Å². The highest BCUT2D eigenvalue weighted by molar-refractivity contribution is 5.70. The van der Waals surface area contributed by atoms with E-state index in [0.29, 0.717) is 17.4 Å². The minimum atomic E-state index is -1.63. The summed E-state index contributed by atoms with van der Waals surface area (Å²) in [6.45, 7) is 4.53. The van der Waals surface area contributed by atoms with Gasteiger partial charge < -0.3 is 33.3 Å². The first kappa shape index (κ1) is 86.2. The first-order valence-electron chi connectivity index (χ1n) is 37.0. The molecule has 0 aromatic carbocycles. The topological polar surface area (TPSA) is 111 Å². The van der Waals surface area contributed by atoms with Crippen molar-refractivity contribution in [3.8, 4) is 0 Å². The Hall–Kier alpha value is -4.83. The molecule has 0 bridgehead atoms. The van der Waals surface area contributed by atoms with E-state index in [9.17, 15) is 19.5 Å². The molecule has 2 atom stereocenters. The average molecular weight is 1260 g/mol. The van der Waals surface area contributed by atoms with Gasteiger partial charge in [0.15, 0.2) is 12.4 Å². The van der Waals surface area contributed by atoms with Crippen LogP contribution >= 0.6 is 0 Å². The van der Waals surface area contributed by atoms with Crippen molar-refractivity contribution in [3.63, 3.8) is 0 Å². The zero-order chi connectivity index (χ0) is 66.1. The number of quaternary nitrogens is 1. The lowest BCUT2D eigenvalue weighted by Crippen LogP contribution is -2.44. The van der Waals surface area contributed by atoms with Crippen LogP contribution in [0.1, 0.15) is 296 Å². The molecule has 0 amide bonds. The summed E-state index contributed by atoms with van der Waals surface area (Å²) in [6.07, 6.45) is 101. The maximum atomic E-state index is 13.0. The number of esters is 2. The molecule has 0 saturated carbocycles. The number of carbonyl (C=O) groups excluding carboxylic acids is 3. The van der Waals surface area contributed by atoms with Crippen LogP contribution in [-0.2, 0) is 33.3 Å². The van der Waals surface area contributed by atoms with Crippen molar-refractivity contribution in [2.75, 3.05) is 47.5 Å². The summed E-state index contributed by atoms with van der Waals surface area (Å²) >= 11 is 0. The normalized spacial score (nSPS) is 13.5. The fraction of sp³-hybridized carbons (Fsp3) is 0.671. The Bertz CT molecular complexity index is 2010. The molecule has 0 spiro atoms. The predicted octanol–water partition coefficient (Wildman–Crippen LogP) is 22.1. The Kier molecular flexibility index (Phi) is 67.3. The molecule has 0 fully saturated rings. The van der Waals surface area contributed by atoms with E-state index in [-0.39, 0.29) is 38.6 Å². The van der Waals surface area contributed by atoms with Crippen LogP contribution in [0.4, 0.5) is 0 Å². The van der Waals surface area contributed by atoms with Crippen LogP contribution in [0, 0.1) is 0 Å². The van der Waals surface area contributed by atoms with Crippen LogP contribution < -0.4 is 5.11 Å². The van der Waals surface area contributed by atoms with Crippen molar-refractivity contribution in [1.82, 2.24) is 0 Å². The Balaban J connectivity index is 4.10. The predicted molar refractivity (Wildman–Crippen MR) is 389 cm³/mol. The summed E-state index contributed by atoms with van der Waals surface area (Å²) in [4.78, 5) is 37.6. The number of carboxylic acid groups (broad SMARTS) is 1. The number of rotatable bonds is 67. The van der Waals surface area contributed by atoms with Crippen LogP contribution in [-0.4, -0.2) is 82.3 Å². The Morgan fingerprint density at radius 2 is 0.593 bits per heavy atom. The SMILES string of the molecule is CC/C=C\C/C=C\C/C=C\C/C=C\C/C=C\C/C=C\C/C=C\CCCCCCCCCCCCCCCCCC(=O)OC(COC(=O)CCCCCCCCCCCCCCC/C=C\C/C=C\C/C=C\C/C=C\C/C=C\CC)COC(OCC[N+](C)(C)C)C(=O)[O-]. The number of ether oxygens (including phenoxy) is 4. The zero-order valence-corrected chi connectivity index (χ0v) is 59.2. The third-order valence-corrected chi connectivity index (χ3v) is 15.6. The van der Waals surface area contributed by atoms with E-state index in [1.54, 1.807) is 0 Å². The van der Waals surface area contributed by atoms with Crippen LogP contribution in [0.25, 0.3) is 0 Å². The van der Waals surface area contributed by atoms with Gasteiger partial charge in [0, 0.05) is 12.8 Å². The molecule has 2 unspecified atom stereocenters. The van der Waals surface area contributed by atoms with E-state index in [2.05, 4.69) is 160 Å². The van der Waals surface area contributed by atoms with E-state index in [0.717, 1.165) is 116 Å². The van der Waals surface area contributed by atoms with E-state index >= 15 is 0 Å². The molecule has 518 valence electrons. The first-order valence-corrected chi connectivity index (χ1v) is 37.0. The summed E-state index contributed by atoms with van der Waals surface area (Å²) in [5.74, 6) is -2.28. The van der Waals surface area contributed by atoms with Crippen LogP contribution in [0.5, 0.6) is 0 Å². The number of likely N-dealkylation sites (N-methyl/N-ethyl adjacent to an activating group) is 1. The molecule has 0 radical (unpaired) electrons. The second-order valence-electron chi connectivity index (χ2n) is 25.5. The number of carboxylic acids is 1. The highest BCUT2D eigenvalue weighted by atomic mass is 16.7. The van der Waals surface area contributed by atoms with Crippen molar-refractivity contribution in [2.45, 2.75) is 309 Å². The largest absolute Gasteiger partial charge is 0.545 e. The summed E-state index contributed by atoms with van der Waals surface area (Å²) < 4.78 is 22.8. The maximum absolute atomic E-state index is 13.0. The summed E-state index contributed by atoms with van der Waals surface area (Å²) in [5, 5.41) is 11.8. The molecule has 9 heteroatoms. The molecule has 0 aliphatic heterocycles. The minimum absolute atomic E-state index is 0.142. The third-order valence-electron chi connectivity index (χ3n) is 15.6. The Morgan fingerprint density at radius 3 is 0.879 bits per heavy atom. The molecule has 0 aliphatic carbocycles. The monoisotopic (exact) mass is 1260 g/mol. The van der Waals surface area contributed by atoms with Crippen molar-refractivity contribution in [2.24, 2.45) is 0 Å². The molecule has 9 nitrogen and oxygen atoms in total. The fourth-order valence-corrected chi connectivity index (χ4v) is 10.0. The molecular formula is C82H137NO8. The van der Waals surface area contributed by atoms with Crippen LogP contribution in [0.2, 0.25) is 0 Å². The molecule has 91 heavy (non-hydrogen) atoms. The number of hydrogen-bond donors (Lipinski definition) is 0. The number of allylic oxidation sites excluding steroid dienone is 24. The van der Waals surface area contributed by atoms with Crippen molar-refractivity contribution < 1.29 is 42.9 Å². The van der Waals surface area contributed by atoms with E-state index in [1.165, 1.54) is 148 Å². The van der Waals surface area contributed by atoms with Gasteiger partial charge in [-0.05, 0) is 116 Å². The van der Waals surface area contributed by atoms with Crippen LogP contribution in [0.3, 0.4) is 0 Å². The third kappa shape index (κ3) is 72.5. The number of unbranched alkanes of at least 4 members (excludes halogenated alkanes) is 28. The number of hydrogen-bond acceptors (Lipinski definition) is 8. The number of nitrogens with zero attached hydrogens (tertiary/aromatic N) is 1. The molecule has 0 aliphatic rings. The van der Waals surface area contributed by atoms with Crippen molar-refractivity contribution >= 4 is 17.9 Å². The van der Waals surface area contributed by atoms with Gasteiger partial charge in [-0.3, -0.25) is 9.59 Å². The standard InChI is InChI=1S/C82H137NO8/c1-6-8-10-12-14-16-18-20-22-24-26-28-30-32-34-36-37-38-39-40-41-42-43-45-47-49-51-53-55-57-59-61-63-65-67-69-71-73-80(85)91-78(77-90-82(81(86)87)88-75-74-83(3,4)5)76-89-79(84)72-70-68-66-64-62-60-58-56-54-52-50-48-46-44-35-33-31-29-27-25-23-21-19-17-15-13-11-9-7-2/h8-11,14-17,20-23,26-29,32-35,37-38,40-41,78,82H,6-7,12-13,18-19,24-25,30-31,36,39,42-77H2,1-5H3/b10-8-,11-9-,16-14-,17-15-,22-20-,23-21-,28-26-,29-27-,34-32-,35-33-,38-37-,41-40-. The lowest BCUT2D eigenvalue weighted by atomic mass is 10.0. The summed E-state index contributed by atoms with van der Waals surface area (Å²) in [5.41, 5.74) is 0. The Morgan fingerprint density at radius 1 is 0.330 bits per heavy atom. The highest BCUT2D eigenvalue weighted by Crippen LogP contribution is 2.17. The van der Waals surface area contributed by atoms with Crippen LogP contribution in [0.15, 0.2) is 146 Å². The lowest BCUT2D eigenvalue weighted by molar-refractivity contribution is -0.870. The molecule has 0 aromatic rings. The molecule has 0 aromatic heterocycles. The average Bonchev–Trinajstić information content (AvgIpc) is 3.50. The van der Waals surface area contributed by atoms with Gasteiger partial charge in [-0.1, -0.05) is 314 Å². The second-order valence-corrected chi connectivity index (χ2v) is 25.5. The maximum Gasteiger partial charge on any atom is 0.306 e. The van der Waals surface area contributed by atoms with Gasteiger partial charge in [0.25, 0.3) is 0 Å². The van der Waals surface area contributed by atoms with E-state index < -0.39 is 24.3 Å². The van der Waals surface area contributed by atoms with Crippen molar-refractivity contribution in [1.29, 1.82) is 0 Å². The Labute approximate surface area is 560 Å². The minimum Gasteiger partial charge on any atom is -0.545 e. The molecule has 0 rings (SSSR count). The highest BCUT2D eigenvalue weighted by Gasteiger charge is 2.22. The first-order chi connectivity index (χ1) is 44.6. The lowest BCUT2D eigenvalue weighted by Gasteiger charge is -2.26. The van der Waals surface area contributed by atoms with Gasteiger partial charge in [0.1, 0.15) is 13.2 Å². The van der Waals surface area contributed by atoms with Gasteiger partial charge >= 0.3 is 11.9 Å². The molecule has 0 heterocycles. The smallest absolute Gasteiger partial charge is 0.306 e. The molecule has 0 N–H and O–H groups in total. The molecular weight excluding hydrogens is 1130 g/mol. The summed E-state index contributed by atoms with van der Waals surface area (Å²) in [7, 11) is 5.93. The fourth-order valence-electron chi connectivity index (χ4n) is 10.0. The molecule has 0 saturated heterocycles. The van der Waals surface area contributed by atoms with Crippen molar-refractivity contribution in [3.05, 3.63) is 146 Å². The van der Waals surface area contributed by atoms with E-state index in [4.69, 9.17) is 18.9 Å².